The zero-order valence-electron chi connectivity index (χ0n) is 27.3. The molecule has 0 aromatic heterocycles. The number of aromatic hydroxyl groups is 6. The number of aliphatic hydroxyl groups is 5. The number of hydrogen-bond donors (Lipinski definition) is 11. The molecule has 0 bridgehead atoms. The molecule has 10 atom stereocenters. The highest BCUT2D eigenvalue weighted by molar-refractivity contribution is 5.87. The van der Waals surface area contributed by atoms with Gasteiger partial charge in [0.2, 0.25) is 6.29 Å². The summed E-state index contributed by atoms with van der Waals surface area (Å²) in [5.41, 5.74) is 0.534. The highest BCUT2D eigenvalue weighted by atomic mass is 16.8. The van der Waals surface area contributed by atoms with Gasteiger partial charge in [0.05, 0.1) is 12.2 Å². The number of carbonyl (C=O) groups is 1. The van der Waals surface area contributed by atoms with Crippen LogP contribution in [0.4, 0.5) is 0 Å². The molecule has 0 radical (unpaired) electrons. The smallest absolute Gasteiger partial charge is 0.330 e. The third-order valence-corrected chi connectivity index (χ3v) is 8.64. The summed E-state index contributed by atoms with van der Waals surface area (Å²) in [6, 6.07) is 9.71. The van der Waals surface area contributed by atoms with E-state index in [1.54, 1.807) is 0 Å². The summed E-state index contributed by atoms with van der Waals surface area (Å²) < 4.78 is 34.5. The van der Waals surface area contributed by atoms with Gasteiger partial charge in [-0.05, 0) is 42.0 Å². The molecule has 2 saturated heterocycles. The Morgan fingerprint density at radius 1 is 0.774 bits per heavy atom. The summed E-state index contributed by atoms with van der Waals surface area (Å²) in [4.78, 5) is 12.6. The third kappa shape index (κ3) is 8.04. The summed E-state index contributed by atoms with van der Waals surface area (Å²) in [6.07, 6.45) is -13.3. The molecule has 0 aliphatic carbocycles. The molecule has 3 aromatic carbocycles. The van der Waals surface area contributed by atoms with Gasteiger partial charge in [0, 0.05) is 23.8 Å². The number of rotatable bonds is 9. The van der Waals surface area contributed by atoms with Crippen molar-refractivity contribution >= 4 is 18.1 Å². The van der Waals surface area contributed by atoms with Crippen LogP contribution in [0.5, 0.6) is 40.2 Å². The zero-order chi connectivity index (χ0) is 38.1. The maximum absolute atomic E-state index is 12.6. The van der Waals surface area contributed by atoms with Crippen LogP contribution in [-0.2, 0) is 28.5 Å². The largest absolute Gasteiger partial charge is 0.508 e. The van der Waals surface area contributed by atoms with E-state index in [-0.39, 0.29) is 34.1 Å². The van der Waals surface area contributed by atoms with Gasteiger partial charge in [0.25, 0.3) is 0 Å². The molecule has 18 nitrogen and oxygen atoms in total. The highest BCUT2D eigenvalue weighted by Crippen LogP contribution is 2.45. The summed E-state index contributed by atoms with van der Waals surface area (Å²) in [7, 11) is 0. The first-order valence-corrected chi connectivity index (χ1v) is 16.0. The first kappa shape index (κ1) is 37.4. The van der Waals surface area contributed by atoms with E-state index in [1.807, 2.05) is 0 Å². The minimum Gasteiger partial charge on any atom is -0.508 e. The van der Waals surface area contributed by atoms with E-state index in [9.17, 15) is 61.0 Å². The predicted molar refractivity (Wildman–Crippen MR) is 175 cm³/mol. The van der Waals surface area contributed by atoms with Gasteiger partial charge in [0.1, 0.15) is 66.2 Å². The van der Waals surface area contributed by atoms with E-state index in [4.69, 9.17) is 28.4 Å². The molecular weight excluding hydrogens is 708 g/mol. The van der Waals surface area contributed by atoms with Gasteiger partial charge in [-0.1, -0.05) is 12.1 Å². The quantitative estimate of drug-likeness (QED) is 0.0777. The molecule has 3 aliphatic rings. The zero-order valence-corrected chi connectivity index (χ0v) is 27.3. The average Bonchev–Trinajstić information content (AvgIpc) is 3.12. The normalized spacial score (nSPS) is 29.9. The van der Waals surface area contributed by atoms with Crippen molar-refractivity contribution in [2.45, 2.75) is 61.4 Å². The van der Waals surface area contributed by atoms with Crippen molar-refractivity contribution in [3.05, 3.63) is 77.1 Å². The standard InChI is InChI=1S/C35H36O18/c36-16-9-20(39)17-11-25(32(50-24(17)10-16)15-3-5-19(38)22(41)8-15)51-35-33(53-34-31(47)28(44)23(42)12-49-34)30(46)29(45)26(52-35)13-48-27(43)6-2-14-1-4-18(37)21(40)7-14/h1-11,23,26,28-42,44-47H,12-13H2. The molecule has 10 unspecified atom stereocenters. The number of hydrogen-bond acceptors (Lipinski definition) is 18. The Bertz CT molecular complexity index is 1880. The van der Waals surface area contributed by atoms with Crippen LogP contribution in [0.25, 0.3) is 12.2 Å². The van der Waals surface area contributed by atoms with Crippen molar-refractivity contribution in [1.82, 2.24) is 0 Å². The number of esters is 1. The number of fused-ring (bicyclic) bond motifs is 1. The lowest BCUT2D eigenvalue weighted by molar-refractivity contribution is -0.352. The predicted octanol–water partition coefficient (Wildman–Crippen LogP) is -0.0611. The maximum atomic E-state index is 12.6. The van der Waals surface area contributed by atoms with Crippen molar-refractivity contribution in [3.8, 4) is 40.2 Å². The van der Waals surface area contributed by atoms with E-state index in [0.717, 1.165) is 24.3 Å². The number of phenolic OH excluding ortho intramolecular Hbond substituents is 6. The fraction of sp³-hybridized carbons (Fsp3) is 0.343. The first-order chi connectivity index (χ1) is 25.2. The molecule has 284 valence electrons. The van der Waals surface area contributed by atoms with Crippen molar-refractivity contribution < 1.29 is 89.4 Å². The van der Waals surface area contributed by atoms with Gasteiger partial charge in [-0.25, -0.2) is 4.79 Å². The van der Waals surface area contributed by atoms with Gasteiger partial charge in [0.15, 0.2) is 41.5 Å². The summed E-state index contributed by atoms with van der Waals surface area (Å²) in [6.45, 7) is -1.15. The van der Waals surface area contributed by atoms with Gasteiger partial charge in [-0.3, -0.25) is 0 Å². The molecule has 11 N–H and O–H groups in total. The monoisotopic (exact) mass is 744 g/mol. The average molecular weight is 745 g/mol. The second-order valence-electron chi connectivity index (χ2n) is 12.4. The molecule has 3 heterocycles. The van der Waals surface area contributed by atoms with Crippen LogP contribution in [0, 0.1) is 0 Å². The van der Waals surface area contributed by atoms with E-state index in [1.165, 1.54) is 42.5 Å². The van der Waals surface area contributed by atoms with Gasteiger partial charge in [-0.2, -0.15) is 0 Å². The lowest BCUT2D eigenvalue weighted by atomic mass is 9.97. The molecule has 3 aromatic rings. The Morgan fingerprint density at radius 3 is 2.21 bits per heavy atom. The third-order valence-electron chi connectivity index (χ3n) is 8.64. The second kappa shape index (κ2) is 15.3. The molecule has 0 saturated carbocycles. The van der Waals surface area contributed by atoms with Crippen LogP contribution in [0.3, 0.4) is 0 Å². The number of benzene rings is 3. The lowest BCUT2D eigenvalue weighted by Crippen LogP contribution is -2.63. The summed E-state index contributed by atoms with van der Waals surface area (Å²) >= 11 is 0. The number of aliphatic hydroxyl groups excluding tert-OH is 5. The molecule has 0 amide bonds. The van der Waals surface area contributed by atoms with Crippen LogP contribution in [-0.4, -0.2) is 131 Å². The maximum Gasteiger partial charge on any atom is 0.330 e. The van der Waals surface area contributed by atoms with E-state index in [2.05, 4.69) is 0 Å². The molecule has 18 heteroatoms. The van der Waals surface area contributed by atoms with Crippen molar-refractivity contribution in [1.29, 1.82) is 0 Å². The minimum absolute atomic E-state index is 0.0214. The van der Waals surface area contributed by atoms with Crippen LogP contribution < -0.4 is 4.74 Å². The number of phenols is 6. The van der Waals surface area contributed by atoms with Crippen LogP contribution in [0.15, 0.2) is 60.4 Å². The van der Waals surface area contributed by atoms with Crippen molar-refractivity contribution in [3.63, 3.8) is 0 Å². The van der Waals surface area contributed by atoms with Gasteiger partial charge < -0.3 is 84.6 Å². The molecule has 3 aliphatic heterocycles. The SMILES string of the molecule is O=C(C=Cc1ccc(O)c(O)c1)OCC1OC(OC2=Cc3c(O)cc(O)cc3OC2c2ccc(O)c(O)c2)C(OC2OCC(O)C(O)C2O)C(O)C1O. The van der Waals surface area contributed by atoms with Gasteiger partial charge >= 0.3 is 5.97 Å². The first-order valence-electron chi connectivity index (χ1n) is 16.0. The second-order valence-corrected chi connectivity index (χ2v) is 12.4. The van der Waals surface area contributed by atoms with E-state index < -0.39 is 104 Å². The fourth-order valence-electron chi connectivity index (χ4n) is 5.77. The fourth-order valence-corrected chi connectivity index (χ4v) is 5.77. The van der Waals surface area contributed by atoms with Gasteiger partial charge in [-0.15, -0.1) is 0 Å². The summed E-state index contributed by atoms with van der Waals surface area (Å²) in [5.74, 6) is -3.71. The number of ether oxygens (including phenoxy) is 6. The Balaban J connectivity index is 1.30. The lowest BCUT2D eigenvalue weighted by Gasteiger charge is -2.45. The van der Waals surface area contributed by atoms with Crippen molar-refractivity contribution in [2.75, 3.05) is 13.2 Å². The number of carbonyl (C=O) groups excluding carboxylic acids is 1. The topological polar surface area (TPSA) is 295 Å². The van der Waals surface area contributed by atoms with E-state index >= 15 is 0 Å². The van der Waals surface area contributed by atoms with Crippen molar-refractivity contribution in [2.24, 2.45) is 0 Å². The van der Waals surface area contributed by atoms with Crippen LogP contribution >= 0.6 is 0 Å². The molecular formula is C35H36O18. The Kier molecular flexibility index (Phi) is 10.8. The Hall–Kier alpha value is -5.31. The highest BCUT2D eigenvalue weighted by Gasteiger charge is 2.51. The van der Waals surface area contributed by atoms with Crippen LogP contribution in [0.2, 0.25) is 0 Å². The molecule has 0 spiro atoms. The summed E-state index contributed by atoms with van der Waals surface area (Å²) in [5, 5.41) is 113. The molecule has 53 heavy (non-hydrogen) atoms. The van der Waals surface area contributed by atoms with E-state index in [0.29, 0.717) is 5.56 Å². The Morgan fingerprint density at radius 2 is 1.49 bits per heavy atom. The minimum atomic E-state index is -1.92. The Labute approximate surface area is 299 Å². The van der Waals surface area contributed by atoms with Crippen LogP contribution in [0.1, 0.15) is 22.8 Å². The molecule has 6 rings (SSSR count). The molecule has 2 fully saturated rings.